The molecule has 1 aromatic carbocycles. The quantitative estimate of drug-likeness (QED) is 0.630. The van der Waals surface area contributed by atoms with E-state index in [9.17, 15) is 9.59 Å². The van der Waals surface area contributed by atoms with Crippen LogP contribution in [0.2, 0.25) is 0 Å². The zero-order chi connectivity index (χ0) is 10.1. The van der Waals surface area contributed by atoms with Crippen molar-refractivity contribution in [1.29, 1.82) is 0 Å². The third kappa shape index (κ3) is 1.23. The van der Waals surface area contributed by atoms with Gasteiger partial charge in [0, 0.05) is 5.56 Å². The first-order chi connectivity index (χ1) is 6.72. The summed E-state index contributed by atoms with van der Waals surface area (Å²) < 4.78 is 4.56. The van der Waals surface area contributed by atoms with Gasteiger partial charge < -0.3 is 4.74 Å². The number of fused-ring (bicyclic) bond motifs is 1. The van der Waals surface area contributed by atoms with Gasteiger partial charge in [-0.25, -0.2) is 4.79 Å². The second kappa shape index (κ2) is 3.10. The van der Waals surface area contributed by atoms with Crippen molar-refractivity contribution in [1.82, 2.24) is 0 Å². The summed E-state index contributed by atoms with van der Waals surface area (Å²) in [7, 11) is 1.32. The smallest absolute Gasteiger partial charge is 0.337 e. The third-order valence-electron chi connectivity index (χ3n) is 2.15. The molecule has 3 heteroatoms. The number of ether oxygens (including phenoxy) is 1. The van der Waals surface area contributed by atoms with Crippen molar-refractivity contribution in [3.05, 3.63) is 41.0 Å². The summed E-state index contributed by atoms with van der Waals surface area (Å²) in [6.45, 7) is 0. The predicted octanol–water partition coefficient (Wildman–Crippen LogP) is 1.68. The van der Waals surface area contributed by atoms with Gasteiger partial charge >= 0.3 is 5.97 Å². The average Bonchev–Trinajstić information content (AvgIpc) is 2.59. The fourth-order valence-corrected chi connectivity index (χ4v) is 1.42. The van der Waals surface area contributed by atoms with Crippen molar-refractivity contribution in [2.45, 2.75) is 0 Å². The van der Waals surface area contributed by atoms with E-state index in [-0.39, 0.29) is 5.78 Å². The van der Waals surface area contributed by atoms with Crippen LogP contribution in [0.5, 0.6) is 0 Å². The van der Waals surface area contributed by atoms with Crippen molar-refractivity contribution < 1.29 is 14.3 Å². The summed E-state index contributed by atoms with van der Waals surface area (Å²) in [6.07, 6.45) is 3.23. The lowest BCUT2D eigenvalue weighted by molar-refractivity contribution is 0.0600. The second-order valence-electron chi connectivity index (χ2n) is 2.99. The molecule has 0 saturated heterocycles. The van der Waals surface area contributed by atoms with E-state index in [1.165, 1.54) is 13.2 Å². The predicted molar refractivity (Wildman–Crippen MR) is 51.1 cm³/mol. The largest absolute Gasteiger partial charge is 0.465 e. The molecule has 0 aromatic heterocycles. The highest BCUT2D eigenvalue weighted by molar-refractivity contribution is 6.14. The van der Waals surface area contributed by atoms with Crippen LogP contribution in [-0.4, -0.2) is 18.9 Å². The maximum atomic E-state index is 11.3. The molecule has 1 aromatic rings. The fourth-order valence-electron chi connectivity index (χ4n) is 1.42. The van der Waals surface area contributed by atoms with Crippen LogP contribution >= 0.6 is 0 Å². The monoisotopic (exact) mass is 188 g/mol. The molecule has 0 aliphatic heterocycles. The van der Waals surface area contributed by atoms with E-state index in [0.717, 1.165) is 5.56 Å². The Hall–Kier alpha value is -1.90. The molecule has 0 bridgehead atoms. The van der Waals surface area contributed by atoms with E-state index in [0.29, 0.717) is 11.1 Å². The molecule has 0 atom stereocenters. The lowest BCUT2D eigenvalue weighted by Crippen LogP contribution is -2.03. The van der Waals surface area contributed by atoms with Gasteiger partial charge in [-0.15, -0.1) is 0 Å². The minimum absolute atomic E-state index is 0.0641. The maximum Gasteiger partial charge on any atom is 0.337 e. The van der Waals surface area contributed by atoms with Crippen molar-refractivity contribution in [3.8, 4) is 0 Å². The molecule has 0 radical (unpaired) electrons. The number of benzene rings is 1. The van der Waals surface area contributed by atoms with Crippen LogP contribution < -0.4 is 0 Å². The summed E-state index contributed by atoms with van der Waals surface area (Å²) in [6, 6.07) is 4.94. The third-order valence-corrected chi connectivity index (χ3v) is 2.15. The van der Waals surface area contributed by atoms with Gasteiger partial charge in [0.2, 0.25) is 0 Å². The van der Waals surface area contributed by atoms with Crippen LogP contribution in [0.3, 0.4) is 0 Å². The van der Waals surface area contributed by atoms with Crippen molar-refractivity contribution >= 4 is 17.8 Å². The van der Waals surface area contributed by atoms with Crippen LogP contribution in [0.15, 0.2) is 24.3 Å². The highest BCUT2D eigenvalue weighted by atomic mass is 16.5. The molecule has 0 unspecified atom stereocenters. The summed E-state index contributed by atoms with van der Waals surface area (Å²) in [5.41, 5.74) is 1.82. The molecule has 14 heavy (non-hydrogen) atoms. The first kappa shape index (κ1) is 8.69. The molecule has 0 spiro atoms. The first-order valence-corrected chi connectivity index (χ1v) is 4.17. The van der Waals surface area contributed by atoms with Crippen LogP contribution in [-0.2, 0) is 4.74 Å². The average molecular weight is 188 g/mol. The second-order valence-corrected chi connectivity index (χ2v) is 2.99. The van der Waals surface area contributed by atoms with Crippen molar-refractivity contribution in [2.24, 2.45) is 0 Å². The Morgan fingerprint density at radius 2 is 2.07 bits per heavy atom. The molecule has 70 valence electrons. The number of carbonyl (C=O) groups is 2. The van der Waals surface area contributed by atoms with E-state index < -0.39 is 5.97 Å². The molecule has 1 aliphatic carbocycles. The Morgan fingerprint density at radius 1 is 1.29 bits per heavy atom. The van der Waals surface area contributed by atoms with E-state index in [2.05, 4.69) is 4.74 Å². The van der Waals surface area contributed by atoms with Crippen LogP contribution in [0, 0.1) is 0 Å². The first-order valence-electron chi connectivity index (χ1n) is 4.17. The molecule has 0 N–H and O–H groups in total. The Bertz CT molecular complexity index is 444. The maximum absolute atomic E-state index is 11.3. The van der Waals surface area contributed by atoms with Gasteiger partial charge in [-0.2, -0.15) is 0 Å². The number of rotatable bonds is 1. The van der Waals surface area contributed by atoms with Crippen LogP contribution in [0.1, 0.15) is 26.3 Å². The molecule has 1 aliphatic rings. The molecule has 2 rings (SSSR count). The highest BCUT2D eigenvalue weighted by Gasteiger charge is 2.16. The van der Waals surface area contributed by atoms with Gasteiger partial charge in [-0.1, -0.05) is 12.1 Å². The molecule has 0 heterocycles. The molecule has 0 fully saturated rings. The lowest BCUT2D eigenvalue weighted by atomic mass is 10.1. The zero-order valence-electron chi connectivity index (χ0n) is 7.61. The van der Waals surface area contributed by atoms with Crippen LogP contribution in [0.25, 0.3) is 6.08 Å². The molecule has 0 amide bonds. The number of hydrogen-bond donors (Lipinski definition) is 0. The number of esters is 1. The van der Waals surface area contributed by atoms with E-state index >= 15 is 0 Å². The highest BCUT2D eigenvalue weighted by Crippen LogP contribution is 2.20. The lowest BCUT2D eigenvalue weighted by Gasteiger charge is -2.01. The number of hydrogen-bond acceptors (Lipinski definition) is 3. The zero-order valence-corrected chi connectivity index (χ0v) is 7.61. The Labute approximate surface area is 81.0 Å². The fraction of sp³-hybridized carbons (Fsp3) is 0.0909. The molecular weight excluding hydrogens is 180 g/mol. The number of ketones is 1. The summed E-state index contributed by atoms with van der Waals surface area (Å²) >= 11 is 0. The summed E-state index contributed by atoms with van der Waals surface area (Å²) in [5, 5.41) is 0. The van der Waals surface area contributed by atoms with Gasteiger partial charge in [0.25, 0.3) is 0 Å². The summed E-state index contributed by atoms with van der Waals surface area (Å²) in [5.74, 6) is -0.488. The van der Waals surface area contributed by atoms with Gasteiger partial charge in [-0.3, -0.25) is 4.79 Å². The SMILES string of the molecule is COC(=O)c1ccc2c(c1)C(=O)C=C2. The minimum atomic E-state index is -0.424. The Balaban J connectivity index is 2.47. The number of carbonyl (C=O) groups excluding carboxylic acids is 2. The Kier molecular flexibility index (Phi) is 1.93. The minimum Gasteiger partial charge on any atom is -0.465 e. The normalized spacial score (nSPS) is 12.8. The standard InChI is InChI=1S/C11H8O3/c1-14-11(13)8-3-2-7-4-5-10(12)9(7)6-8/h2-6H,1H3. The van der Waals surface area contributed by atoms with E-state index in [1.807, 2.05) is 0 Å². The molecular formula is C11H8O3. The van der Waals surface area contributed by atoms with Gasteiger partial charge in [0.1, 0.15) is 0 Å². The van der Waals surface area contributed by atoms with Gasteiger partial charge in [-0.05, 0) is 23.8 Å². The molecule has 0 saturated carbocycles. The number of allylic oxidation sites excluding steroid dienone is 1. The van der Waals surface area contributed by atoms with E-state index in [4.69, 9.17) is 0 Å². The molecule has 3 nitrogen and oxygen atoms in total. The van der Waals surface area contributed by atoms with Gasteiger partial charge in [0.15, 0.2) is 5.78 Å². The Morgan fingerprint density at radius 3 is 2.79 bits per heavy atom. The number of methoxy groups -OCH3 is 1. The topological polar surface area (TPSA) is 43.4 Å². The summed E-state index contributed by atoms with van der Waals surface area (Å²) in [4.78, 5) is 22.5. The van der Waals surface area contributed by atoms with E-state index in [1.54, 1.807) is 24.3 Å². The van der Waals surface area contributed by atoms with Crippen molar-refractivity contribution in [2.75, 3.05) is 7.11 Å². The van der Waals surface area contributed by atoms with Gasteiger partial charge in [0.05, 0.1) is 12.7 Å². The van der Waals surface area contributed by atoms with Crippen LogP contribution in [0.4, 0.5) is 0 Å². The van der Waals surface area contributed by atoms with Crippen molar-refractivity contribution in [3.63, 3.8) is 0 Å².